The summed E-state index contributed by atoms with van der Waals surface area (Å²) in [6.45, 7) is 1.80. The molecule has 130 valence electrons. The van der Waals surface area contributed by atoms with Crippen molar-refractivity contribution in [1.29, 1.82) is 0 Å². The molecule has 3 rings (SSSR count). The Morgan fingerprint density at radius 1 is 1.24 bits per heavy atom. The average molecular weight is 359 g/mol. The van der Waals surface area contributed by atoms with Gasteiger partial charge in [-0.05, 0) is 25.1 Å². The minimum Gasteiger partial charge on any atom is -0.493 e. The summed E-state index contributed by atoms with van der Waals surface area (Å²) in [5.41, 5.74) is 0.327. The first-order valence-electron chi connectivity index (χ1n) is 7.49. The van der Waals surface area contributed by atoms with Gasteiger partial charge in [0.15, 0.2) is 11.5 Å². The highest BCUT2D eigenvalue weighted by Gasteiger charge is 2.11. The van der Waals surface area contributed by atoms with E-state index in [0.717, 1.165) is 4.88 Å². The number of fused-ring (bicyclic) bond motifs is 1. The first kappa shape index (κ1) is 17.0. The van der Waals surface area contributed by atoms with Crippen molar-refractivity contribution in [2.24, 2.45) is 0 Å². The van der Waals surface area contributed by atoms with E-state index in [1.807, 2.05) is 6.92 Å². The van der Waals surface area contributed by atoms with Gasteiger partial charge in [-0.1, -0.05) is 0 Å². The molecule has 3 aromatic rings. The van der Waals surface area contributed by atoms with Crippen molar-refractivity contribution < 1.29 is 14.3 Å². The van der Waals surface area contributed by atoms with Crippen LogP contribution in [0.4, 0.5) is 5.69 Å². The number of hydrogen-bond acceptors (Lipinski definition) is 6. The second kappa shape index (κ2) is 6.94. The number of methoxy groups -OCH3 is 2. The number of nitrogens with zero attached hydrogens (tertiary/aromatic N) is 2. The molecule has 0 radical (unpaired) electrons. The number of benzene rings is 1. The van der Waals surface area contributed by atoms with Gasteiger partial charge < -0.3 is 14.8 Å². The Kier molecular flexibility index (Phi) is 4.71. The van der Waals surface area contributed by atoms with Gasteiger partial charge in [0.05, 0.1) is 25.9 Å². The van der Waals surface area contributed by atoms with Gasteiger partial charge in [0, 0.05) is 16.6 Å². The molecule has 0 saturated heterocycles. The number of anilines is 1. The van der Waals surface area contributed by atoms with Crippen LogP contribution in [0.1, 0.15) is 4.88 Å². The maximum absolute atomic E-state index is 12.4. The first-order chi connectivity index (χ1) is 12.0. The van der Waals surface area contributed by atoms with E-state index in [9.17, 15) is 9.59 Å². The van der Waals surface area contributed by atoms with Gasteiger partial charge in [-0.15, -0.1) is 11.3 Å². The van der Waals surface area contributed by atoms with Crippen LogP contribution >= 0.6 is 11.3 Å². The highest BCUT2D eigenvalue weighted by atomic mass is 32.1. The lowest BCUT2D eigenvalue weighted by Gasteiger charge is -2.11. The quantitative estimate of drug-likeness (QED) is 0.756. The lowest BCUT2D eigenvalue weighted by atomic mass is 10.2. The Bertz CT molecular complexity index is 993. The average Bonchev–Trinajstić information content (AvgIpc) is 2.98. The van der Waals surface area contributed by atoms with E-state index in [-0.39, 0.29) is 18.0 Å². The van der Waals surface area contributed by atoms with Crippen molar-refractivity contribution in [3.63, 3.8) is 0 Å². The number of ether oxygens (including phenoxy) is 2. The van der Waals surface area contributed by atoms with Crippen molar-refractivity contribution in [2.75, 3.05) is 19.5 Å². The molecule has 0 spiro atoms. The second-order valence-electron chi connectivity index (χ2n) is 5.37. The maximum Gasteiger partial charge on any atom is 0.262 e. The number of thiophene rings is 1. The molecule has 0 aliphatic carbocycles. The summed E-state index contributed by atoms with van der Waals surface area (Å²) >= 11 is 1.45. The summed E-state index contributed by atoms with van der Waals surface area (Å²) in [6.07, 6.45) is 1.40. The summed E-state index contributed by atoms with van der Waals surface area (Å²) in [5, 5.41) is 3.27. The van der Waals surface area contributed by atoms with Crippen LogP contribution in [-0.2, 0) is 11.3 Å². The maximum atomic E-state index is 12.4. The number of rotatable bonds is 5. The second-order valence-corrected chi connectivity index (χ2v) is 6.61. The third kappa shape index (κ3) is 3.48. The number of amides is 1. The standard InChI is InChI=1S/C17H17N3O4S/c1-10-6-12-16(25-10)18-9-20(17(12)22)8-15(21)19-11-4-5-13(23-2)14(7-11)24-3/h4-7,9H,8H2,1-3H3,(H,19,21). The minimum absolute atomic E-state index is 0.120. The number of carbonyl (C=O) groups is 1. The Morgan fingerprint density at radius 3 is 2.72 bits per heavy atom. The van der Waals surface area contributed by atoms with Gasteiger partial charge in [0.1, 0.15) is 11.4 Å². The molecule has 1 aromatic carbocycles. The number of aromatic nitrogens is 2. The van der Waals surface area contributed by atoms with Crippen LogP contribution in [0.3, 0.4) is 0 Å². The zero-order valence-electron chi connectivity index (χ0n) is 14.0. The van der Waals surface area contributed by atoms with Gasteiger partial charge in [0.2, 0.25) is 5.91 Å². The van der Waals surface area contributed by atoms with Crippen LogP contribution in [0.5, 0.6) is 11.5 Å². The molecule has 0 saturated carbocycles. The van der Waals surface area contributed by atoms with Crippen LogP contribution in [0.25, 0.3) is 10.2 Å². The monoisotopic (exact) mass is 359 g/mol. The van der Waals surface area contributed by atoms with Gasteiger partial charge in [-0.2, -0.15) is 0 Å². The van der Waals surface area contributed by atoms with Gasteiger partial charge in [-0.3, -0.25) is 14.2 Å². The Balaban J connectivity index is 1.79. The molecule has 1 amide bonds. The number of hydrogen-bond donors (Lipinski definition) is 1. The SMILES string of the molecule is COc1ccc(NC(=O)Cn2cnc3sc(C)cc3c2=O)cc1OC. The summed E-state index contributed by atoms with van der Waals surface area (Å²) in [6, 6.07) is 6.84. The van der Waals surface area contributed by atoms with E-state index in [1.165, 1.54) is 36.5 Å². The highest BCUT2D eigenvalue weighted by Crippen LogP contribution is 2.29. The van der Waals surface area contributed by atoms with Crippen molar-refractivity contribution in [1.82, 2.24) is 9.55 Å². The van der Waals surface area contributed by atoms with Crippen LogP contribution in [0.15, 0.2) is 35.4 Å². The van der Waals surface area contributed by atoms with Crippen LogP contribution in [-0.4, -0.2) is 29.7 Å². The van der Waals surface area contributed by atoms with Gasteiger partial charge >= 0.3 is 0 Å². The van der Waals surface area contributed by atoms with E-state index in [0.29, 0.717) is 27.4 Å². The Labute approximate surface area is 147 Å². The van der Waals surface area contributed by atoms with E-state index < -0.39 is 0 Å². The molecule has 8 heteroatoms. The molecule has 0 fully saturated rings. The largest absolute Gasteiger partial charge is 0.493 e. The Morgan fingerprint density at radius 2 is 2.00 bits per heavy atom. The van der Waals surface area contributed by atoms with E-state index in [2.05, 4.69) is 10.3 Å². The highest BCUT2D eigenvalue weighted by molar-refractivity contribution is 7.18. The zero-order valence-corrected chi connectivity index (χ0v) is 14.8. The normalized spacial score (nSPS) is 10.7. The first-order valence-corrected chi connectivity index (χ1v) is 8.31. The molecule has 1 N–H and O–H groups in total. The predicted molar refractivity (Wildman–Crippen MR) is 96.8 cm³/mol. The van der Waals surface area contributed by atoms with Gasteiger partial charge in [-0.25, -0.2) is 4.98 Å². The fourth-order valence-corrected chi connectivity index (χ4v) is 3.30. The molecular formula is C17H17N3O4S. The lowest BCUT2D eigenvalue weighted by molar-refractivity contribution is -0.116. The van der Waals surface area contributed by atoms with Crippen LogP contribution < -0.4 is 20.3 Å². The zero-order chi connectivity index (χ0) is 18.0. The van der Waals surface area contributed by atoms with Crippen molar-refractivity contribution >= 4 is 33.1 Å². The third-order valence-electron chi connectivity index (χ3n) is 3.62. The summed E-state index contributed by atoms with van der Waals surface area (Å²) in [4.78, 5) is 30.6. The van der Waals surface area contributed by atoms with Crippen molar-refractivity contribution in [3.8, 4) is 11.5 Å². The predicted octanol–water partition coefficient (Wildman–Crippen LogP) is 2.42. The van der Waals surface area contributed by atoms with Gasteiger partial charge in [0.25, 0.3) is 5.56 Å². The fourth-order valence-electron chi connectivity index (χ4n) is 2.46. The molecule has 0 atom stereocenters. The van der Waals surface area contributed by atoms with E-state index in [4.69, 9.17) is 9.47 Å². The van der Waals surface area contributed by atoms with E-state index >= 15 is 0 Å². The van der Waals surface area contributed by atoms with Crippen molar-refractivity contribution in [2.45, 2.75) is 13.5 Å². The molecule has 0 aliphatic rings. The summed E-state index contributed by atoms with van der Waals surface area (Å²) < 4.78 is 11.7. The number of carbonyl (C=O) groups excluding carboxylic acids is 1. The molecule has 0 aliphatic heterocycles. The summed E-state index contributed by atoms with van der Waals surface area (Å²) in [5.74, 6) is 0.746. The Hall–Kier alpha value is -2.87. The van der Waals surface area contributed by atoms with Crippen molar-refractivity contribution in [3.05, 3.63) is 45.8 Å². The molecule has 25 heavy (non-hydrogen) atoms. The lowest BCUT2D eigenvalue weighted by Crippen LogP contribution is -2.27. The number of nitrogens with one attached hydrogen (secondary N) is 1. The molecule has 7 nitrogen and oxygen atoms in total. The molecule has 0 unspecified atom stereocenters. The summed E-state index contributed by atoms with van der Waals surface area (Å²) in [7, 11) is 3.06. The molecule has 0 bridgehead atoms. The smallest absolute Gasteiger partial charge is 0.262 e. The molecule has 2 aromatic heterocycles. The van der Waals surface area contributed by atoms with Crippen LogP contribution in [0, 0.1) is 6.92 Å². The fraction of sp³-hybridized carbons (Fsp3) is 0.235. The molecular weight excluding hydrogens is 342 g/mol. The topological polar surface area (TPSA) is 82.5 Å². The molecule has 2 heterocycles. The number of aryl methyl sites for hydroxylation is 1. The minimum atomic E-state index is -0.331. The van der Waals surface area contributed by atoms with Crippen LogP contribution in [0.2, 0.25) is 0 Å². The third-order valence-corrected chi connectivity index (χ3v) is 4.58. The van der Waals surface area contributed by atoms with E-state index in [1.54, 1.807) is 24.3 Å².